The zero-order valence-corrected chi connectivity index (χ0v) is 19.9. The van der Waals surface area contributed by atoms with Crippen LogP contribution >= 0.6 is 35.0 Å². The second-order valence-corrected chi connectivity index (χ2v) is 9.45. The monoisotopic (exact) mass is 466 g/mol. The van der Waals surface area contributed by atoms with Crippen LogP contribution in [0.1, 0.15) is 31.9 Å². The zero-order valence-electron chi connectivity index (χ0n) is 17.5. The van der Waals surface area contributed by atoms with Crippen molar-refractivity contribution >= 4 is 46.8 Å². The lowest BCUT2D eigenvalue weighted by atomic mass is 10.1. The molecule has 0 unspecified atom stereocenters. The van der Waals surface area contributed by atoms with Crippen molar-refractivity contribution in [2.75, 3.05) is 12.3 Å². The molecule has 2 rings (SSSR count). The molecule has 7 heteroatoms. The highest BCUT2D eigenvalue weighted by Gasteiger charge is 2.26. The standard InChI is InChI=1S/C23H28Cl2N2O2S/c1-16(2)12-26-23(29)17(3)27(13-18-6-4-8-20(24)10-18)22(28)15-30-14-19-7-5-9-21(25)11-19/h4-11,16-17H,12-15H2,1-3H3,(H,26,29)/t17-/m0/s1. The van der Waals surface area contributed by atoms with Crippen molar-refractivity contribution in [1.29, 1.82) is 0 Å². The van der Waals surface area contributed by atoms with E-state index in [1.165, 1.54) is 11.8 Å². The molecule has 0 fully saturated rings. The Morgan fingerprint density at radius 2 is 1.60 bits per heavy atom. The van der Waals surface area contributed by atoms with Crippen LogP contribution in [0.15, 0.2) is 48.5 Å². The first-order valence-corrected chi connectivity index (χ1v) is 11.8. The van der Waals surface area contributed by atoms with Crippen LogP contribution in [0.25, 0.3) is 0 Å². The van der Waals surface area contributed by atoms with E-state index in [0.29, 0.717) is 34.8 Å². The molecule has 4 nitrogen and oxygen atoms in total. The number of amides is 2. The Morgan fingerprint density at radius 3 is 2.20 bits per heavy atom. The molecular weight excluding hydrogens is 439 g/mol. The molecule has 0 spiro atoms. The fourth-order valence-electron chi connectivity index (χ4n) is 2.83. The second-order valence-electron chi connectivity index (χ2n) is 7.59. The molecule has 0 radical (unpaired) electrons. The first-order valence-electron chi connectivity index (χ1n) is 9.90. The number of benzene rings is 2. The summed E-state index contributed by atoms with van der Waals surface area (Å²) in [6.45, 7) is 6.73. The van der Waals surface area contributed by atoms with Gasteiger partial charge < -0.3 is 10.2 Å². The molecule has 162 valence electrons. The minimum absolute atomic E-state index is 0.0887. The van der Waals surface area contributed by atoms with Gasteiger partial charge in [0.25, 0.3) is 0 Å². The number of nitrogens with one attached hydrogen (secondary N) is 1. The minimum atomic E-state index is -0.581. The Morgan fingerprint density at radius 1 is 1.00 bits per heavy atom. The molecule has 0 heterocycles. The summed E-state index contributed by atoms with van der Waals surface area (Å²) in [6, 6.07) is 14.4. The number of halogens is 2. The van der Waals surface area contributed by atoms with Crippen molar-refractivity contribution in [1.82, 2.24) is 10.2 Å². The van der Waals surface area contributed by atoms with Crippen LogP contribution in [-0.2, 0) is 21.9 Å². The van der Waals surface area contributed by atoms with Crippen molar-refractivity contribution in [3.8, 4) is 0 Å². The van der Waals surface area contributed by atoms with Crippen LogP contribution in [0.4, 0.5) is 0 Å². The molecule has 0 aliphatic heterocycles. The highest BCUT2D eigenvalue weighted by atomic mass is 35.5. The molecule has 1 atom stereocenters. The molecule has 2 aromatic carbocycles. The van der Waals surface area contributed by atoms with Gasteiger partial charge in [0, 0.05) is 28.9 Å². The lowest BCUT2D eigenvalue weighted by molar-refractivity contribution is -0.138. The maximum atomic E-state index is 13.0. The lowest BCUT2D eigenvalue weighted by Crippen LogP contribution is -2.48. The van der Waals surface area contributed by atoms with E-state index < -0.39 is 6.04 Å². The minimum Gasteiger partial charge on any atom is -0.354 e. The van der Waals surface area contributed by atoms with Gasteiger partial charge in [0.15, 0.2) is 0 Å². The molecule has 0 aromatic heterocycles. The van der Waals surface area contributed by atoms with Gasteiger partial charge in [-0.05, 0) is 48.2 Å². The zero-order chi connectivity index (χ0) is 22.1. The van der Waals surface area contributed by atoms with Crippen molar-refractivity contribution in [3.05, 3.63) is 69.7 Å². The van der Waals surface area contributed by atoms with Crippen LogP contribution in [0.2, 0.25) is 10.0 Å². The van der Waals surface area contributed by atoms with E-state index in [2.05, 4.69) is 5.32 Å². The molecular formula is C23H28Cl2N2O2S. The van der Waals surface area contributed by atoms with Crippen molar-refractivity contribution in [2.45, 2.75) is 39.1 Å². The third-order valence-corrected chi connectivity index (χ3v) is 5.94. The molecule has 0 aliphatic carbocycles. The second kappa shape index (κ2) is 12.2. The summed E-state index contributed by atoms with van der Waals surface area (Å²) in [4.78, 5) is 27.3. The normalized spacial score (nSPS) is 11.9. The number of thioether (sulfide) groups is 1. The molecule has 2 amide bonds. The van der Waals surface area contributed by atoms with E-state index in [1.54, 1.807) is 17.9 Å². The van der Waals surface area contributed by atoms with Gasteiger partial charge in [0.05, 0.1) is 5.75 Å². The highest BCUT2D eigenvalue weighted by molar-refractivity contribution is 7.99. The Hall–Kier alpha value is -1.69. The van der Waals surface area contributed by atoms with Crippen molar-refractivity contribution in [2.24, 2.45) is 5.92 Å². The fraction of sp³-hybridized carbons (Fsp3) is 0.391. The predicted octanol–water partition coefficient (Wildman–Crippen LogP) is 5.42. The van der Waals surface area contributed by atoms with Gasteiger partial charge >= 0.3 is 0 Å². The molecule has 2 aromatic rings. The first kappa shape index (κ1) is 24.6. The summed E-state index contributed by atoms with van der Waals surface area (Å²) in [5.74, 6) is 1.04. The predicted molar refractivity (Wildman–Crippen MR) is 127 cm³/mol. The van der Waals surface area contributed by atoms with Crippen LogP contribution in [-0.4, -0.2) is 35.1 Å². The van der Waals surface area contributed by atoms with E-state index in [1.807, 2.05) is 56.3 Å². The fourth-order valence-corrected chi connectivity index (χ4v) is 4.12. The maximum Gasteiger partial charge on any atom is 0.242 e. The number of carbonyl (C=O) groups excluding carboxylic acids is 2. The summed E-state index contributed by atoms with van der Waals surface area (Å²) >= 11 is 13.6. The number of hydrogen-bond donors (Lipinski definition) is 1. The van der Waals surface area contributed by atoms with Gasteiger partial charge in [-0.15, -0.1) is 11.8 Å². The maximum absolute atomic E-state index is 13.0. The largest absolute Gasteiger partial charge is 0.354 e. The first-order chi connectivity index (χ1) is 14.3. The van der Waals surface area contributed by atoms with Crippen molar-refractivity contribution in [3.63, 3.8) is 0 Å². The molecule has 0 saturated carbocycles. The van der Waals surface area contributed by atoms with Gasteiger partial charge in [0.1, 0.15) is 6.04 Å². The summed E-state index contributed by atoms with van der Waals surface area (Å²) in [7, 11) is 0. The van der Waals surface area contributed by atoms with E-state index in [0.717, 1.165) is 11.1 Å². The number of rotatable bonds is 10. The third-order valence-electron chi connectivity index (χ3n) is 4.48. The van der Waals surface area contributed by atoms with E-state index in [4.69, 9.17) is 23.2 Å². The van der Waals surface area contributed by atoms with Gasteiger partial charge in [-0.3, -0.25) is 9.59 Å². The Labute approximate surface area is 193 Å². The van der Waals surface area contributed by atoms with Crippen LogP contribution < -0.4 is 5.32 Å². The Balaban J connectivity index is 2.06. The quantitative estimate of drug-likeness (QED) is 0.508. The van der Waals surface area contributed by atoms with Crippen molar-refractivity contribution < 1.29 is 9.59 Å². The average Bonchev–Trinajstić information content (AvgIpc) is 2.69. The molecule has 0 aliphatic rings. The SMILES string of the molecule is CC(C)CNC(=O)[C@H](C)N(Cc1cccc(Cl)c1)C(=O)CSCc1cccc(Cl)c1. The van der Waals surface area contributed by atoms with Gasteiger partial charge in [0.2, 0.25) is 11.8 Å². The highest BCUT2D eigenvalue weighted by Crippen LogP contribution is 2.19. The van der Waals surface area contributed by atoms with Crippen LogP contribution in [0, 0.1) is 5.92 Å². The summed E-state index contributed by atoms with van der Waals surface area (Å²) in [6.07, 6.45) is 0. The van der Waals surface area contributed by atoms with Gasteiger partial charge in [-0.25, -0.2) is 0 Å². The molecule has 30 heavy (non-hydrogen) atoms. The van der Waals surface area contributed by atoms with Gasteiger partial charge in [-0.1, -0.05) is 61.3 Å². The number of nitrogens with zero attached hydrogens (tertiary/aromatic N) is 1. The van der Waals surface area contributed by atoms with E-state index in [-0.39, 0.29) is 17.6 Å². The Bertz CT molecular complexity index is 861. The molecule has 1 N–H and O–H groups in total. The topological polar surface area (TPSA) is 49.4 Å². The third kappa shape index (κ3) is 8.21. The summed E-state index contributed by atoms with van der Waals surface area (Å²) in [5.41, 5.74) is 1.95. The van der Waals surface area contributed by atoms with Crippen LogP contribution in [0.5, 0.6) is 0 Å². The summed E-state index contributed by atoms with van der Waals surface area (Å²) in [5, 5.41) is 4.20. The average molecular weight is 467 g/mol. The number of hydrogen-bond acceptors (Lipinski definition) is 3. The Kier molecular flexibility index (Phi) is 10.0. The number of carbonyl (C=O) groups is 2. The summed E-state index contributed by atoms with van der Waals surface area (Å²) < 4.78 is 0. The van der Waals surface area contributed by atoms with Gasteiger partial charge in [-0.2, -0.15) is 0 Å². The molecule has 0 bridgehead atoms. The smallest absolute Gasteiger partial charge is 0.242 e. The molecule has 0 saturated heterocycles. The van der Waals surface area contributed by atoms with E-state index >= 15 is 0 Å². The van der Waals surface area contributed by atoms with Crippen LogP contribution in [0.3, 0.4) is 0 Å². The lowest BCUT2D eigenvalue weighted by Gasteiger charge is -2.29. The van der Waals surface area contributed by atoms with E-state index in [9.17, 15) is 9.59 Å².